The molecule has 3 N–H and O–H groups in total. The van der Waals surface area contributed by atoms with Crippen LogP contribution in [0.15, 0.2) is 24.3 Å². The fraction of sp³-hybridized carbons (Fsp3) is 0.500. The van der Waals surface area contributed by atoms with E-state index in [4.69, 9.17) is 5.73 Å². The van der Waals surface area contributed by atoms with Gasteiger partial charge in [0.05, 0.1) is 6.54 Å². The summed E-state index contributed by atoms with van der Waals surface area (Å²) in [6.07, 6.45) is 2.23. The van der Waals surface area contributed by atoms with Crippen molar-refractivity contribution in [1.82, 2.24) is 5.32 Å². The lowest BCUT2D eigenvalue weighted by Crippen LogP contribution is -2.41. The number of rotatable bonds is 3. The molecule has 0 saturated heterocycles. The number of hydrogen-bond donors (Lipinski definition) is 2. The Labute approximate surface area is 102 Å². The monoisotopic (exact) mass is 232 g/mol. The number of benzene rings is 1. The zero-order chi connectivity index (χ0) is 12.5. The van der Waals surface area contributed by atoms with Gasteiger partial charge in [-0.25, -0.2) is 0 Å². The van der Waals surface area contributed by atoms with E-state index in [1.54, 1.807) is 0 Å². The van der Waals surface area contributed by atoms with Gasteiger partial charge in [0.25, 0.3) is 0 Å². The molecule has 1 aliphatic rings. The molecular formula is C14H20N2O. The van der Waals surface area contributed by atoms with Crippen LogP contribution in [0.4, 0.5) is 0 Å². The van der Waals surface area contributed by atoms with Crippen LogP contribution in [0, 0.1) is 5.41 Å². The third kappa shape index (κ3) is 2.50. The summed E-state index contributed by atoms with van der Waals surface area (Å²) in [5, 5.41) is 3.29. The van der Waals surface area contributed by atoms with Crippen molar-refractivity contribution >= 4 is 5.91 Å². The molecule has 0 heterocycles. The number of fused-ring (bicyclic) bond motifs is 1. The summed E-state index contributed by atoms with van der Waals surface area (Å²) in [6, 6.07) is 8.65. The Morgan fingerprint density at radius 3 is 2.88 bits per heavy atom. The zero-order valence-corrected chi connectivity index (χ0v) is 10.5. The fourth-order valence-electron chi connectivity index (χ4n) is 2.65. The third-order valence-electron chi connectivity index (χ3n) is 3.67. The minimum Gasteiger partial charge on any atom is -0.369 e. The molecule has 1 aromatic rings. The molecule has 1 amide bonds. The average Bonchev–Trinajstić information content (AvgIpc) is 2.27. The number of carbonyl (C=O) groups excluding carboxylic acids is 1. The van der Waals surface area contributed by atoms with Crippen LogP contribution in [0.2, 0.25) is 0 Å². The zero-order valence-electron chi connectivity index (χ0n) is 10.5. The number of nitrogens with two attached hydrogens (primary N) is 1. The molecule has 92 valence electrons. The normalized spacial score (nSPS) is 21.9. The quantitative estimate of drug-likeness (QED) is 0.834. The van der Waals surface area contributed by atoms with E-state index < -0.39 is 0 Å². The molecule has 0 bridgehead atoms. The SMILES string of the molecule is CC1(C)CCc2ccccc2C1NCC(N)=O. The van der Waals surface area contributed by atoms with Crippen LogP contribution >= 0.6 is 0 Å². The Bertz CT molecular complexity index is 426. The van der Waals surface area contributed by atoms with Gasteiger partial charge in [0.15, 0.2) is 0 Å². The lowest BCUT2D eigenvalue weighted by molar-refractivity contribution is -0.117. The van der Waals surface area contributed by atoms with Crippen molar-refractivity contribution in [1.29, 1.82) is 0 Å². The van der Waals surface area contributed by atoms with Gasteiger partial charge < -0.3 is 11.1 Å². The summed E-state index contributed by atoms with van der Waals surface area (Å²) in [5.41, 5.74) is 8.07. The summed E-state index contributed by atoms with van der Waals surface area (Å²) < 4.78 is 0. The second kappa shape index (κ2) is 4.49. The Hall–Kier alpha value is -1.35. The molecule has 1 atom stereocenters. The van der Waals surface area contributed by atoms with Gasteiger partial charge in [0.2, 0.25) is 5.91 Å². The van der Waals surface area contributed by atoms with Crippen molar-refractivity contribution in [2.24, 2.45) is 11.1 Å². The predicted molar refractivity (Wildman–Crippen MR) is 68.5 cm³/mol. The van der Waals surface area contributed by atoms with Gasteiger partial charge in [-0.3, -0.25) is 4.79 Å². The van der Waals surface area contributed by atoms with Crippen LogP contribution < -0.4 is 11.1 Å². The summed E-state index contributed by atoms with van der Waals surface area (Å²) in [4.78, 5) is 10.9. The molecule has 1 aliphatic carbocycles. The van der Waals surface area contributed by atoms with Crippen molar-refractivity contribution < 1.29 is 4.79 Å². The highest BCUT2D eigenvalue weighted by molar-refractivity contribution is 5.76. The van der Waals surface area contributed by atoms with Gasteiger partial charge in [0.1, 0.15) is 0 Å². The van der Waals surface area contributed by atoms with E-state index in [0.717, 1.165) is 12.8 Å². The molecule has 0 spiro atoms. The summed E-state index contributed by atoms with van der Waals surface area (Å²) in [5.74, 6) is -0.302. The predicted octanol–water partition coefficient (Wildman–Crippen LogP) is 1.77. The molecule has 0 radical (unpaired) electrons. The van der Waals surface area contributed by atoms with Gasteiger partial charge in [-0.1, -0.05) is 38.1 Å². The number of amides is 1. The second-order valence-corrected chi connectivity index (χ2v) is 5.47. The maximum absolute atomic E-state index is 10.9. The molecular weight excluding hydrogens is 212 g/mol. The molecule has 0 aliphatic heterocycles. The number of nitrogens with one attached hydrogen (secondary N) is 1. The van der Waals surface area contributed by atoms with Crippen LogP contribution in [0.3, 0.4) is 0 Å². The first-order valence-electron chi connectivity index (χ1n) is 6.10. The first-order valence-corrected chi connectivity index (χ1v) is 6.10. The van der Waals surface area contributed by atoms with Gasteiger partial charge in [-0.2, -0.15) is 0 Å². The van der Waals surface area contributed by atoms with Crippen molar-refractivity contribution in [3.8, 4) is 0 Å². The van der Waals surface area contributed by atoms with Crippen LogP contribution in [-0.4, -0.2) is 12.5 Å². The Morgan fingerprint density at radius 1 is 1.47 bits per heavy atom. The van der Waals surface area contributed by atoms with E-state index in [1.165, 1.54) is 11.1 Å². The molecule has 0 saturated carbocycles. The summed E-state index contributed by atoms with van der Waals surface area (Å²) >= 11 is 0. The van der Waals surface area contributed by atoms with E-state index in [2.05, 4.69) is 43.4 Å². The number of aryl methyl sites for hydroxylation is 1. The fourth-order valence-corrected chi connectivity index (χ4v) is 2.65. The highest BCUT2D eigenvalue weighted by atomic mass is 16.1. The Morgan fingerprint density at radius 2 is 2.18 bits per heavy atom. The average molecular weight is 232 g/mol. The minimum atomic E-state index is -0.302. The van der Waals surface area contributed by atoms with Gasteiger partial charge in [0, 0.05) is 6.04 Å². The first-order chi connectivity index (χ1) is 8.00. The van der Waals surface area contributed by atoms with Crippen LogP contribution in [0.25, 0.3) is 0 Å². The van der Waals surface area contributed by atoms with Crippen LogP contribution in [0.1, 0.15) is 37.4 Å². The van der Waals surface area contributed by atoms with E-state index in [1.807, 2.05) is 0 Å². The van der Waals surface area contributed by atoms with E-state index in [-0.39, 0.29) is 23.9 Å². The number of primary amides is 1. The molecule has 1 unspecified atom stereocenters. The Kier molecular flexibility index (Phi) is 3.20. The van der Waals surface area contributed by atoms with Crippen LogP contribution in [0.5, 0.6) is 0 Å². The van der Waals surface area contributed by atoms with Crippen molar-refractivity contribution in [3.05, 3.63) is 35.4 Å². The summed E-state index contributed by atoms with van der Waals surface area (Å²) in [6.45, 7) is 4.71. The molecule has 0 aromatic heterocycles. The largest absolute Gasteiger partial charge is 0.369 e. The first kappa shape index (κ1) is 12.1. The number of carbonyl (C=O) groups is 1. The Balaban J connectivity index is 2.28. The second-order valence-electron chi connectivity index (χ2n) is 5.47. The molecule has 2 rings (SSSR count). The van der Waals surface area contributed by atoms with Gasteiger partial charge in [-0.15, -0.1) is 0 Å². The highest BCUT2D eigenvalue weighted by Gasteiger charge is 2.35. The smallest absolute Gasteiger partial charge is 0.231 e. The van der Waals surface area contributed by atoms with E-state index >= 15 is 0 Å². The minimum absolute atomic E-state index is 0.157. The maximum Gasteiger partial charge on any atom is 0.231 e. The van der Waals surface area contributed by atoms with Crippen LogP contribution in [-0.2, 0) is 11.2 Å². The molecule has 3 nitrogen and oxygen atoms in total. The van der Waals surface area contributed by atoms with Gasteiger partial charge >= 0.3 is 0 Å². The third-order valence-corrected chi connectivity index (χ3v) is 3.67. The van der Waals surface area contributed by atoms with E-state index in [9.17, 15) is 4.79 Å². The lowest BCUT2D eigenvalue weighted by Gasteiger charge is -2.40. The van der Waals surface area contributed by atoms with Crippen molar-refractivity contribution in [2.45, 2.75) is 32.7 Å². The summed E-state index contributed by atoms with van der Waals surface area (Å²) in [7, 11) is 0. The highest BCUT2D eigenvalue weighted by Crippen LogP contribution is 2.43. The lowest BCUT2D eigenvalue weighted by atomic mass is 9.70. The molecule has 17 heavy (non-hydrogen) atoms. The standard InChI is InChI=1S/C14H20N2O/c1-14(2)8-7-10-5-3-4-6-11(10)13(14)16-9-12(15)17/h3-6,13,16H,7-9H2,1-2H3,(H2,15,17). The van der Waals surface area contributed by atoms with E-state index in [0.29, 0.717) is 0 Å². The molecule has 3 heteroatoms. The number of hydrogen-bond acceptors (Lipinski definition) is 2. The molecule has 0 fully saturated rings. The topological polar surface area (TPSA) is 55.1 Å². The van der Waals surface area contributed by atoms with Crippen molar-refractivity contribution in [3.63, 3.8) is 0 Å². The maximum atomic E-state index is 10.9. The molecule has 1 aromatic carbocycles. The van der Waals surface area contributed by atoms with Gasteiger partial charge in [-0.05, 0) is 29.4 Å². The van der Waals surface area contributed by atoms with Crippen molar-refractivity contribution in [2.75, 3.05) is 6.54 Å².